The highest BCUT2D eigenvalue weighted by Gasteiger charge is 2.04. The van der Waals surface area contributed by atoms with Gasteiger partial charge in [-0.05, 0) is 24.6 Å². The van der Waals surface area contributed by atoms with Crippen molar-refractivity contribution in [3.63, 3.8) is 0 Å². The van der Waals surface area contributed by atoms with Crippen molar-refractivity contribution in [3.05, 3.63) is 50.2 Å². The minimum Gasteiger partial charge on any atom is -0.346 e. The molecule has 0 spiro atoms. The molecule has 0 aliphatic carbocycles. The van der Waals surface area contributed by atoms with E-state index in [4.69, 9.17) is 11.6 Å². The first kappa shape index (κ1) is 13.7. The Bertz CT molecular complexity index is 948. The molecule has 0 amide bonds. The first-order chi connectivity index (χ1) is 10.2. The van der Waals surface area contributed by atoms with E-state index in [2.05, 4.69) is 26.9 Å². The van der Waals surface area contributed by atoms with Gasteiger partial charge in [0.25, 0.3) is 5.56 Å². The molecule has 0 radical (unpaired) electrons. The standard InChI is InChI=1S/C15H15ClN4O/c1-2-3-4-13-19-12(15(21)20-13)5-9-7-17-14-11(9)6-10(16)8-18-14/h4-8,19H,2-3H2,1H3,(H,17,18)(H,20,21)/b12-5-,13-4+. The van der Waals surface area contributed by atoms with E-state index >= 15 is 0 Å². The van der Waals surface area contributed by atoms with Gasteiger partial charge in [-0.25, -0.2) is 4.98 Å². The average molecular weight is 303 g/mol. The second-order valence-electron chi connectivity index (χ2n) is 4.84. The summed E-state index contributed by atoms with van der Waals surface area (Å²) < 4.78 is 0. The Morgan fingerprint density at radius 3 is 3.05 bits per heavy atom. The van der Waals surface area contributed by atoms with Crippen LogP contribution in [0.5, 0.6) is 0 Å². The van der Waals surface area contributed by atoms with Gasteiger partial charge in [0.1, 0.15) is 16.5 Å². The lowest BCUT2D eigenvalue weighted by atomic mass is 10.2. The van der Waals surface area contributed by atoms with Gasteiger partial charge < -0.3 is 15.0 Å². The normalized spacial score (nSPS) is 13.4. The third kappa shape index (κ3) is 2.78. The Hall–Kier alpha value is -2.27. The van der Waals surface area contributed by atoms with Gasteiger partial charge in [-0.2, -0.15) is 0 Å². The van der Waals surface area contributed by atoms with E-state index < -0.39 is 0 Å². The molecule has 3 rings (SSSR count). The molecule has 0 saturated heterocycles. The van der Waals surface area contributed by atoms with Crippen LogP contribution in [0.15, 0.2) is 23.3 Å². The van der Waals surface area contributed by atoms with Crippen LogP contribution in [0.3, 0.4) is 0 Å². The van der Waals surface area contributed by atoms with E-state index in [0.29, 0.717) is 10.4 Å². The fourth-order valence-electron chi connectivity index (χ4n) is 2.19. The summed E-state index contributed by atoms with van der Waals surface area (Å²) in [5.74, 6) is 0. The number of fused-ring (bicyclic) bond motifs is 1. The second-order valence-corrected chi connectivity index (χ2v) is 5.27. The van der Waals surface area contributed by atoms with Crippen LogP contribution < -0.4 is 16.4 Å². The van der Waals surface area contributed by atoms with Crippen molar-refractivity contribution in [2.75, 3.05) is 0 Å². The minimum atomic E-state index is -0.137. The van der Waals surface area contributed by atoms with E-state index in [-0.39, 0.29) is 5.56 Å². The van der Waals surface area contributed by atoms with Crippen LogP contribution in [0.1, 0.15) is 25.3 Å². The van der Waals surface area contributed by atoms with Crippen LogP contribution in [-0.4, -0.2) is 19.9 Å². The number of hydrogen-bond acceptors (Lipinski definition) is 2. The number of aromatic nitrogens is 4. The number of nitrogens with one attached hydrogen (secondary N) is 3. The van der Waals surface area contributed by atoms with Crippen molar-refractivity contribution < 1.29 is 0 Å². The third-order valence-corrected chi connectivity index (χ3v) is 3.44. The van der Waals surface area contributed by atoms with Crippen LogP contribution in [-0.2, 0) is 0 Å². The molecule has 0 unspecified atom stereocenters. The quantitative estimate of drug-likeness (QED) is 0.688. The second kappa shape index (κ2) is 5.61. The van der Waals surface area contributed by atoms with Crippen molar-refractivity contribution in [1.29, 1.82) is 0 Å². The maximum Gasteiger partial charge on any atom is 0.273 e. The SMILES string of the molecule is CCC/C=c1/[nH]c(=O)/c(=C/c2c[nH]c3ncc(Cl)cc23)[nH]1. The molecule has 6 heteroatoms. The fourth-order valence-corrected chi connectivity index (χ4v) is 2.35. The molecule has 0 atom stereocenters. The molecule has 108 valence electrons. The number of rotatable bonds is 3. The number of imidazole rings is 1. The number of aromatic amines is 3. The maximum absolute atomic E-state index is 11.9. The molecule has 0 fully saturated rings. The molecule has 3 N–H and O–H groups in total. The van der Waals surface area contributed by atoms with E-state index in [1.807, 2.05) is 18.3 Å². The topological polar surface area (TPSA) is 77.3 Å². The Kier molecular flexibility index (Phi) is 3.66. The van der Waals surface area contributed by atoms with Gasteiger partial charge in [0.15, 0.2) is 0 Å². The number of unbranched alkanes of at least 4 members (excludes halogenated alkanes) is 1. The molecular weight excluding hydrogens is 288 g/mol. The molecule has 0 aliphatic heterocycles. The van der Waals surface area contributed by atoms with Gasteiger partial charge in [-0.3, -0.25) is 4.79 Å². The van der Waals surface area contributed by atoms with Crippen LogP contribution >= 0.6 is 11.6 Å². The molecular formula is C15H15ClN4O. The highest BCUT2D eigenvalue weighted by Crippen LogP contribution is 2.20. The van der Waals surface area contributed by atoms with Gasteiger partial charge in [-0.15, -0.1) is 0 Å². The molecule has 3 heterocycles. The molecule has 0 aromatic carbocycles. The number of H-pyrrole nitrogens is 3. The smallest absolute Gasteiger partial charge is 0.273 e. The van der Waals surface area contributed by atoms with Crippen molar-refractivity contribution >= 4 is 34.8 Å². The zero-order chi connectivity index (χ0) is 14.8. The van der Waals surface area contributed by atoms with E-state index in [0.717, 1.165) is 34.9 Å². The van der Waals surface area contributed by atoms with Gasteiger partial charge in [0.05, 0.1) is 5.02 Å². The van der Waals surface area contributed by atoms with Crippen molar-refractivity contribution in [3.8, 4) is 0 Å². The van der Waals surface area contributed by atoms with Crippen LogP contribution in [0.2, 0.25) is 5.02 Å². The number of nitrogens with zero attached hydrogens (tertiary/aromatic N) is 1. The predicted molar refractivity (Wildman–Crippen MR) is 84.7 cm³/mol. The number of hydrogen-bond donors (Lipinski definition) is 3. The predicted octanol–water partition coefficient (Wildman–Crippen LogP) is 1.64. The summed E-state index contributed by atoms with van der Waals surface area (Å²) >= 11 is 5.97. The highest BCUT2D eigenvalue weighted by molar-refractivity contribution is 6.31. The summed E-state index contributed by atoms with van der Waals surface area (Å²) in [5.41, 5.74) is 2.21. The summed E-state index contributed by atoms with van der Waals surface area (Å²) in [6.07, 6.45) is 9.12. The molecule has 21 heavy (non-hydrogen) atoms. The van der Waals surface area contributed by atoms with Gasteiger partial charge in [0, 0.05) is 23.3 Å². The molecule has 3 aromatic heterocycles. The van der Waals surface area contributed by atoms with E-state index in [1.165, 1.54) is 0 Å². The largest absolute Gasteiger partial charge is 0.346 e. The Morgan fingerprint density at radius 1 is 1.38 bits per heavy atom. The fraction of sp³-hybridized carbons (Fsp3) is 0.200. The van der Waals surface area contributed by atoms with Crippen molar-refractivity contribution in [1.82, 2.24) is 19.9 Å². The minimum absolute atomic E-state index is 0.137. The average Bonchev–Trinajstić information content (AvgIpc) is 3.01. The molecule has 0 aliphatic rings. The third-order valence-electron chi connectivity index (χ3n) is 3.23. The van der Waals surface area contributed by atoms with Crippen LogP contribution in [0.4, 0.5) is 0 Å². The summed E-state index contributed by atoms with van der Waals surface area (Å²) in [6.45, 7) is 2.09. The Labute approximate surface area is 125 Å². The number of halogens is 1. The lowest BCUT2D eigenvalue weighted by Gasteiger charge is -1.91. The monoisotopic (exact) mass is 302 g/mol. The summed E-state index contributed by atoms with van der Waals surface area (Å²) in [4.78, 5) is 25.1. The van der Waals surface area contributed by atoms with E-state index in [1.54, 1.807) is 12.3 Å². The van der Waals surface area contributed by atoms with Crippen LogP contribution in [0, 0.1) is 0 Å². The molecule has 0 saturated carbocycles. The molecule has 0 bridgehead atoms. The van der Waals surface area contributed by atoms with Gasteiger partial charge in [0.2, 0.25) is 0 Å². The first-order valence-corrected chi connectivity index (χ1v) is 7.18. The van der Waals surface area contributed by atoms with Crippen molar-refractivity contribution in [2.24, 2.45) is 0 Å². The summed E-state index contributed by atoms with van der Waals surface area (Å²) in [7, 11) is 0. The summed E-state index contributed by atoms with van der Waals surface area (Å²) in [5, 5.41) is 1.96. The van der Waals surface area contributed by atoms with Gasteiger partial charge >= 0.3 is 0 Å². The molecule has 3 aromatic rings. The number of pyridine rings is 1. The van der Waals surface area contributed by atoms with Gasteiger partial charge in [-0.1, -0.05) is 24.9 Å². The maximum atomic E-state index is 11.9. The Balaban J connectivity index is 2.14. The molecule has 5 nitrogen and oxygen atoms in total. The van der Waals surface area contributed by atoms with Crippen LogP contribution in [0.25, 0.3) is 23.2 Å². The van der Waals surface area contributed by atoms with E-state index in [9.17, 15) is 4.79 Å². The zero-order valence-corrected chi connectivity index (χ0v) is 12.3. The zero-order valence-electron chi connectivity index (χ0n) is 11.5. The van der Waals surface area contributed by atoms with Crippen molar-refractivity contribution in [2.45, 2.75) is 19.8 Å². The Morgan fingerprint density at radius 2 is 2.24 bits per heavy atom. The lowest BCUT2D eigenvalue weighted by molar-refractivity contribution is 0.980. The highest BCUT2D eigenvalue weighted by atomic mass is 35.5. The summed E-state index contributed by atoms with van der Waals surface area (Å²) in [6, 6.07) is 1.83. The lowest BCUT2D eigenvalue weighted by Crippen LogP contribution is -2.22. The first-order valence-electron chi connectivity index (χ1n) is 6.80.